The van der Waals surface area contributed by atoms with Gasteiger partial charge in [-0.15, -0.1) is 0 Å². The number of anilines is 2. The number of benzene rings is 1. The lowest BCUT2D eigenvalue weighted by Gasteiger charge is -2.12. The second-order valence-corrected chi connectivity index (χ2v) is 9.43. The van der Waals surface area contributed by atoms with E-state index in [1.165, 1.54) is 30.6 Å². The van der Waals surface area contributed by atoms with E-state index in [1.54, 1.807) is 0 Å². The van der Waals surface area contributed by atoms with E-state index >= 15 is 0 Å². The van der Waals surface area contributed by atoms with Crippen molar-refractivity contribution in [3.8, 4) is 16.9 Å². The maximum atomic E-state index is 13.4. The maximum Gasteiger partial charge on any atom is 0.435 e. The van der Waals surface area contributed by atoms with Crippen LogP contribution in [0.25, 0.3) is 16.9 Å². The van der Waals surface area contributed by atoms with Crippen LogP contribution in [0.1, 0.15) is 5.69 Å². The van der Waals surface area contributed by atoms with Crippen LogP contribution in [0, 0.1) is 5.82 Å². The molecule has 3 aromatic heterocycles. The quantitative estimate of drug-likeness (QED) is 0.387. The fraction of sp³-hybridized carbons (Fsp3) is 0.100. The molecule has 0 spiro atoms. The number of hydrogen-bond donors (Lipinski definition) is 1. The van der Waals surface area contributed by atoms with E-state index in [1.807, 2.05) is 0 Å². The molecule has 176 valence electrons. The molecule has 0 bridgehead atoms. The van der Waals surface area contributed by atoms with Crippen LogP contribution in [0.5, 0.6) is 0 Å². The van der Waals surface area contributed by atoms with E-state index in [-0.39, 0.29) is 32.8 Å². The zero-order valence-corrected chi connectivity index (χ0v) is 18.6. The molecule has 14 heteroatoms. The van der Waals surface area contributed by atoms with Crippen molar-refractivity contribution >= 4 is 33.1 Å². The third-order valence-electron chi connectivity index (χ3n) is 4.49. The Morgan fingerprint density at radius 2 is 1.85 bits per heavy atom. The number of halogens is 5. The van der Waals surface area contributed by atoms with Crippen LogP contribution in [-0.4, -0.2) is 39.4 Å². The second kappa shape index (κ2) is 8.65. The number of hydrogen-bond acceptors (Lipinski definition) is 7. The molecule has 0 aliphatic carbocycles. The van der Waals surface area contributed by atoms with Gasteiger partial charge in [0, 0.05) is 47.9 Å². The number of aromatic nitrogens is 5. The Morgan fingerprint density at radius 3 is 2.50 bits per heavy atom. The van der Waals surface area contributed by atoms with Crippen LogP contribution in [0.4, 0.5) is 29.2 Å². The summed E-state index contributed by atoms with van der Waals surface area (Å²) in [5.74, 6) is -0.787. The largest absolute Gasteiger partial charge is 0.435 e. The normalized spacial score (nSPS) is 12.1. The first-order chi connectivity index (χ1) is 15.9. The van der Waals surface area contributed by atoms with Crippen molar-refractivity contribution in [2.24, 2.45) is 0 Å². The molecule has 0 atom stereocenters. The predicted octanol–water partition coefficient (Wildman–Crippen LogP) is 4.68. The van der Waals surface area contributed by atoms with Crippen LogP contribution >= 0.6 is 11.6 Å². The van der Waals surface area contributed by atoms with Gasteiger partial charge in [-0.25, -0.2) is 22.5 Å². The number of alkyl halides is 3. The molecule has 0 saturated carbocycles. The first kappa shape index (κ1) is 23.6. The second-order valence-electron chi connectivity index (χ2n) is 7.01. The number of nitrogens with zero attached hydrogens (tertiary/aromatic N) is 5. The summed E-state index contributed by atoms with van der Waals surface area (Å²) in [5.41, 5.74) is -0.432. The fourth-order valence-electron chi connectivity index (χ4n) is 2.88. The summed E-state index contributed by atoms with van der Waals surface area (Å²) in [7, 11) is -3.61. The van der Waals surface area contributed by atoms with Crippen LogP contribution in [0.2, 0.25) is 5.02 Å². The van der Waals surface area contributed by atoms with Gasteiger partial charge in [0.25, 0.3) is 0 Å². The Morgan fingerprint density at radius 1 is 1.09 bits per heavy atom. The molecule has 0 aliphatic rings. The molecule has 4 rings (SSSR count). The van der Waals surface area contributed by atoms with Crippen molar-refractivity contribution in [1.82, 2.24) is 24.7 Å². The molecule has 8 nitrogen and oxygen atoms in total. The van der Waals surface area contributed by atoms with E-state index in [0.717, 1.165) is 35.5 Å². The molecule has 1 aromatic carbocycles. The first-order valence-corrected chi connectivity index (χ1v) is 11.6. The van der Waals surface area contributed by atoms with E-state index < -0.39 is 27.5 Å². The van der Waals surface area contributed by atoms with Gasteiger partial charge in [-0.1, -0.05) is 11.6 Å². The third-order valence-corrected chi connectivity index (χ3v) is 5.86. The highest BCUT2D eigenvalue weighted by atomic mass is 35.5. The molecule has 0 saturated heterocycles. The van der Waals surface area contributed by atoms with E-state index in [0.29, 0.717) is 5.69 Å². The zero-order chi connectivity index (χ0) is 24.7. The Balaban J connectivity index is 1.84. The van der Waals surface area contributed by atoms with Crippen molar-refractivity contribution in [3.63, 3.8) is 0 Å². The van der Waals surface area contributed by atoms with E-state index in [9.17, 15) is 26.0 Å². The summed E-state index contributed by atoms with van der Waals surface area (Å²) in [5, 5.41) is 6.17. The monoisotopic (exact) mass is 512 g/mol. The maximum absolute atomic E-state index is 13.4. The lowest BCUT2D eigenvalue weighted by molar-refractivity contribution is -0.141. The van der Waals surface area contributed by atoms with Gasteiger partial charge in [-0.3, -0.25) is 4.98 Å². The standard InChI is InChI=1S/C20H13ClF4N6O2S/c1-34(32,33)13-6-11(8-26-9-13)14-10-27-19(28-12-2-3-16(22)15(21)7-12)29-18(14)31-5-4-17(30-31)20(23,24)25/h2-10H,1H3,(H,27,28,29). The Hall–Kier alpha value is -3.58. The number of sulfone groups is 1. The summed E-state index contributed by atoms with van der Waals surface area (Å²) >= 11 is 5.78. The van der Waals surface area contributed by atoms with Crippen molar-refractivity contribution < 1.29 is 26.0 Å². The van der Waals surface area contributed by atoms with Gasteiger partial charge in [-0.2, -0.15) is 23.3 Å². The summed E-state index contributed by atoms with van der Waals surface area (Å²) < 4.78 is 77.5. The van der Waals surface area contributed by atoms with Gasteiger partial charge in [0.2, 0.25) is 5.95 Å². The lowest BCUT2D eigenvalue weighted by atomic mass is 10.1. The minimum absolute atomic E-state index is 0.0577. The van der Waals surface area contributed by atoms with Crippen molar-refractivity contribution in [2.45, 2.75) is 11.1 Å². The number of nitrogens with one attached hydrogen (secondary N) is 1. The first-order valence-electron chi connectivity index (χ1n) is 9.29. The van der Waals surface area contributed by atoms with Gasteiger partial charge in [0.1, 0.15) is 5.82 Å². The third kappa shape index (κ3) is 4.99. The zero-order valence-electron chi connectivity index (χ0n) is 17.0. The van der Waals surface area contributed by atoms with Crippen molar-refractivity contribution in [1.29, 1.82) is 0 Å². The Bertz CT molecular complexity index is 1490. The molecule has 1 N–H and O–H groups in total. The molecule has 0 fully saturated rings. The Kier molecular flexibility index (Phi) is 6.00. The lowest BCUT2D eigenvalue weighted by Crippen LogP contribution is -2.10. The highest BCUT2D eigenvalue weighted by Gasteiger charge is 2.34. The molecular formula is C20H13ClF4N6O2S. The molecule has 0 aliphatic heterocycles. The van der Waals surface area contributed by atoms with Gasteiger partial charge in [0.15, 0.2) is 21.3 Å². The molecular weight excluding hydrogens is 500 g/mol. The van der Waals surface area contributed by atoms with E-state index in [4.69, 9.17) is 11.6 Å². The van der Waals surface area contributed by atoms with E-state index in [2.05, 4.69) is 25.4 Å². The van der Waals surface area contributed by atoms with Crippen LogP contribution in [-0.2, 0) is 16.0 Å². The van der Waals surface area contributed by atoms with Gasteiger partial charge >= 0.3 is 6.18 Å². The highest BCUT2D eigenvalue weighted by molar-refractivity contribution is 7.90. The molecule has 3 heterocycles. The van der Waals surface area contributed by atoms with Crippen LogP contribution in [0.3, 0.4) is 0 Å². The molecule has 0 amide bonds. The van der Waals surface area contributed by atoms with Gasteiger partial charge in [0.05, 0.1) is 9.92 Å². The average Bonchev–Trinajstić information content (AvgIpc) is 3.27. The topological polar surface area (TPSA) is 103 Å². The van der Waals surface area contributed by atoms with Crippen LogP contribution < -0.4 is 5.32 Å². The van der Waals surface area contributed by atoms with Gasteiger partial charge < -0.3 is 5.32 Å². The van der Waals surface area contributed by atoms with Crippen molar-refractivity contribution in [3.05, 3.63) is 71.7 Å². The molecule has 34 heavy (non-hydrogen) atoms. The summed E-state index contributed by atoms with van der Waals surface area (Å²) in [4.78, 5) is 12.2. The Labute approximate surface area is 195 Å². The summed E-state index contributed by atoms with van der Waals surface area (Å²) in [6, 6.07) is 5.83. The summed E-state index contributed by atoms with van der Waals surface area (Å²) in [6.07, 6.45) is 1.09. The predicted molar refractivity (Wildman–Crippen MR) is 115 cm³/mol. The average molecular weight is 513 g/mol. The number of rotatable bonds is 5. The van der Waals surface area contributed by atoms with Crippen molar-refractivity contribution in [2.75, 3.05) is 11.6 Å². The van der Waals surface area contributed by atoms with Gasteiger partial charge in [-0.05, 0) is 30.3 Å². The smallest absolute Gasteiger partial charge is 0.324 e. The molecule has 0 unspecified atom stereocenters. The summed E-state index contributed by atoms with van der Waals surface area (Å²) in [6.45, 7) is 0. The minimum atomic E-state index is -4.69. The van der Waals surface area contributed by atoms with Crippen LogP contribution in [0.15, 0.2) is 60.0 Å². The molecule has 4 aromatic rings. The minimum Gasteiger partial charge on any atom is -0.324 e. The molecule has 0 radical (unpaired) electrons. The number of pyridine rings is 1. The SMILES string of the molecule is CS(=O)(=O)c1cncc(-c2cnc(Nc3ccc(F)c(Cl)c3)nc2-n2ccc(C(F)(F)F)n2)c1. The fourth-order valence-corrected chi connectivity index (χ4v) is 3.65. The highest BCUT2D eigenvalue weighted by Crippen LogP contribution is 2.31.